The van der Waals surface area contributed by atoms with Gasteiger partial charge in [0.15, 0.2) is 5.82 Å². The molecular formula is C13H16N4O2. The number of carbonyl (C=O) groups excluding carboxylic acids is 1. The van der Waals surface area contributed by atoms with Gasteiger partial charge in [-0.05, 0) is 32.9 Å². The number of carbonyl (C=O) groups is 1. The van der Waals surface area contributed by atoms with Crippen molar-refractivity contribution in [1.29, 1.82) is 0 Å². The van der Waals surface area contributed by atoms with Crippen LogP contribution in [0, 0.1) is 6.92 Å². The largest absolute Gasteiger partial charge is 0.383 e. The van der Waals surface area contributed by atoms with E-state index >= 15 is 0 Å². The predicted molar refractivity (Wildman–Crippen MR) is 72.2 cm³/mol. The zero-order valence-corrected chi connectivity index (χ0v) is 11.1. The first kappa shape index (κ1) is 13.1. The summed E-state index contributed by atoms with van der Waals surface area (Å²) in [6.45, 7) is 5.81. The highest BCUT2D eigenvalue weighted by Crippen LogP contribution is 2.12. The molecule has 1 amide bonds. The fourth-order valence-corrected chi connectivity index (χ4v) is 1.58. The lowest BCUT2D eigenvalue weighted by atomic mass is 10.2. The quantitative estimate of drug-likeness (QED) is 0.882. The van der Waals surface area contributed by atoms with Crippen LogP contribution in [0.15, 0.2) is 28.9 Å². The van der Waals surface area contributed by atoms with Crippen LogP contribution in [-0.2, 0) is 0 Å². The molecule has 100 valence electrons. The van der Waals surface area contributed by atoms with Gasteiger partial charge < -0.3 is 15.2 Å². The fourth-order valence-electron chi connectivity index (χ4n) is 1.58. The highest BCUT2D eigenvalue weighted by atomic mass is 16.5. The molecule has 0 radical (unpaired) electrons. The lowest BCUT2D eigenvalue weighted by Crippen LogP contribution is -2.15. The van der Waals surface area contributed by atoms with Crippen LogP contribution in [0.2, 0.25) is 0 Å². The van der Waals surface area contributed by atoms with Gasteiger partial charge in [-0.1, -0.05) is 5.16 Å². The molecule has 0 saturated carbocycles. The summed E-state index contributed by atoms with van der Waals surface area (Å²) in [5.41, 5.74) is 1.18. The molecule has 19 heavy (non-hydrogen) atoms. The number of aryl methyl sites for hydroxylation is 1. The summed E-state index contributed by atoms with van der Waals surface area (Å²) >= 11 is 0. The van der Waals surface area contributed by atoms with E-state index in [2.05, 4.69) is 20.8 Å². The maximum Gasteiger partial charge on any atom is 0.275 e. The van der Waals surface area contributed by atoms with Gasteiger partial charge in [-0.3, -0.25) is 9.78 Å². The Labute approximate surface area is 111 Å². The van der Waals surface area contributed by atoms with Crippen molar-refractivity contribution >= 4 is 17.4 Å². The molecule has 2 aromatic rings. The molecule has 0 unspecified atom stereocenters. The number of hydrogen-bond donors (Lipinski definition) is 2. The van der Waals surface area contributed by atoms with E-state index in [1.807, 2.05) is 19.9 Å². The average molecular weight is 260 g/mol. The molecule has 6 nitrogen and oxygen atoms in total. The van der Waals surface area contributed by atoms with Gasteiger partial charge in [-0.25, -0.2) is 0 Å². The van der Waals surface area contributed by atoms with E-state index in [1.54, 1.807) is 25.3 Å². The summed E-state index contributed by atoms with van der Waals surface area (Å²) < 4.78 is 4.88. The molecule has 6 heteroatoms. The van der Waals surface area contributed by atoms with E-state index in [0.717, 1.165) is 5.69 Å². The van der Waals surface area contributed by atoms with Gasteiger partial charge in [0, 0.05) is 24.0 Å². The first-order valence-electron chi connectivity index (χ1n) is 6.02. The third-order valence-electron chi connectivity index (χ3n) is 2.32. The maximum atomic E-state index is 12.0. The summed E-state index contributed by atoms with van der Waals surface area (Å²) in [5.74, 6) is 0.700. The lowest BCUT2D eigenvalue weighted by molar-refractivity contribution is 0.102. The Morgan fingerprint density at radius 2 is 2.16 bits per heavy atom. The molecular weight excluding hydrogens is 244 g/mol. The third kappa shape index (κ3) is 3.54. The first-order chi connectivity index (χ1) is 9.04. The Bertz CT molecular complexity index is 578. The Kier molecular flexibility index (Phi) is 3.79. The summed E-state index contributed by atoms with van der Waals surface area (Å²) in [4.78, 5) is 16.0. The normalized spacial score (nSPS) is 10.5. The number of rotatable bonds is 4. The van der Waals surface area contributed by atoms with Crippen molar-refractivity contribution < 1.29 is 9.32 Å². The standard InChI is InChI=1S/C13H16N4O2/c1-8(2)15-10-4-5-14-11(7-10)13(18)16-12-6-9(3)19-17-12/h4-8H,1-3H3,(H,14,15)(H,16,17,18). The van der Waals surface area contributed by atoms with E-state index in [-0.39, 0.29) is 11.9 Å². The maximum absolute atomic E-state index is 12.0. The minimum absolute atomic E-state index is 0.288. The fraction of sp³-hybridized carbons (Fsp3) is 0.308. The Balaban J connectivity index is 2.10. The van der Waals surface area contributed by atoms with Crippen molar-refractivity contribution in [1.82, 2.24) is 10.1 Å². The molecule has 2 rings (SSSR count). The van der Waals surface area contributed by atoms with Crippen molar-refractivity contribution in [2.75, 3.05) is 10.6 Å². The van der Waals surface area contributed by atoms with Crippen LogP contribution >= 0.6 is 0 Å². The lowest BCUT2D eigenvalue weighted by Gasteiger charge is -2.10. The van der Waals surface area contributed by atoms with Gasteiger partial charge in [0.1, 0.15) is 11.5 Å². The van der Waals surface area contributed by atoms with Crippen LogP contribution in [-0.4, -0.2) is 22.1 Å². The molecule has 0 aliphatic heterocycles. The van der Waals surface area contributed by atoms with Gasteiger partial charge in [0.05, 0.1) is 0 Å². The van der Waals surface area contributed by atoms with Crippen molar-refractivity contribution in [2.24, 2.45) is 0 Å². The third-order valence-corrected chi connectivity index (χ3v) is 2.32. The number of aromatic nitrogens is 2. The molecule has 0 spiro atoms. The number of nitrogens with one attached hydrogen (secondary N) is 2. The van der Waals surface area contributed by atoms with Crippen molar-refractivity contribution in [3.8, 4) is 0 Å². The monoisotopic (exact) mass is 260 g/mol. The van der Waals surface area contributed by atoms with Crippen LogP contribution < -0.4 is 10.6 Å². The number of anilines is 2. The second-order valence-corrected chi connectivity index (χ2v) is 4.51. The molecule has 0 fully saturated rings. The zero-order chi connectivity index (χ0) is 13.8. The molecule has 0 saturated heterocycles. The zero-order valence-electron chi connectivity index (χ0n) is 11.1. The van der Waals surface area contributed by atoms with Gasteiger partial charge in [-0.2, -0.15) is 0 Å². The van der Waals surface area contributed by atoms with Gasteiger partial charge in [0.2, 0.25) is 0 Å². The highest BCUT2D eigenvalue weighted by molar-refractivity contribution is 6.02. The van der Waals surface area contributed by atoms with Crippen LogP contribution in [0.1, 0.15) is 30.1 Å². The molecule has 2 aromatic heterocycles. The van der Waals surface area contributed by atoms with Crippen molar-refractivity contribution in [3.63, 3.8) is 0 Å². The minimum atomic E-state index is -0.319. The number of nitrogens with zero attached hydrogens (tertiary/aromatic N) is 2. The molecule has 0 aromatic carbocycles. The molecule has 0 aliphatic rings. The van der Waals surface area contributed by atoms with E-state index in [4.69, 9.17) is 4.52 Å². The molecule has 0 aliphatic carbocycles. The van der Waals surface area contributed by atoms with Gasteiger partial charge >= 0.3 is 0 Å². The second kappa shape index (κ2) is 5.51. The number of hydrogen-bond acceptors (Lipinski definition) is 5. The average Bonchev–Trinajstić information content (AvgIpc) is 2.74. The molecule has 2 heterocycles. The minimum Gasteiger partial charge on any atom is -0.383 e. The Hall–Kier alpha value is -2.37. The second-order valence-electron chi connectivity index (χ2n) is 4.51. The summed E-state index contributed by atoms with van der Waals surface area (Å²) in [6.07, 6.45) is 1.59. The van der Waals surface area contributed by atoms with Crippen LogP contribution in [0.4, 0.5) is 11.5 Å². The first-order valence-corrected chi connectivity index (χ1v) is 6.02. The molecule has 0 atom stereocenters. The highest BCUT2D eigenvalue weighted by Gasteiger charge is 2.11. The van der Waals surface area contributed by atoms with E-state index < -0.39 is 0 Å². The molecule has 2 N–H and O–H groups in total. The van der Waals surface area contributed by atoms with Gasteiger partial charge in [-0.15, -0.1) is 0 Å². The van der Waals surface area contributed by atoms with E-state index in [1.165, 1.54) is 0 Å². The number of pyridine rings is 1. The van der Waals surface area contributed by atoms with Crippen LogP contribution in [0.25, 0.3) is 0 Å². The van der Waals surface area contributed by atoms with Crippen LogP contribution in [0.3, 0.4) is 0 Å². The number of amides is 1. The van der Waals surface area contributed by atoms with Crippen molar-refractivity contribution in [2.45, 2.75) is 26.8 Å². The van der Waals surface area contributed by atoms with E-state index in [0.29, 0.717) is 17.3 Å². The smallest absolute Gasteiger partial charge is 0.275 e. The SMILES string of the molecule is Cc1cc(NC(=O)c2cc(NC(C)C)ccn2)no1. The topological polar surface area (TPSA) is 80.0 Å². The van der Waals surface area contributed by atoms with Crippen molar-refractivity contribution in [3.05, 3.63) is 35.9 Å². The van der Waals surface area contributed by atoms with E-state index in [9.17, 15) is 4.79 Å². The Morgan fingerprint density at radius 3 is 2.79 bits per heavy atom. The summed E-state index contributed by atoms with van der Waals surface area (Å²) in [7, 11) is 0. The summed E-state index contributed by atoms with van der Waals surface area (Å²) in [6, 6.07) is 5.45. The predicted octanol–water partition coefficient (Wildman–Crippen LogP) is 2.45. The molecule has 0 bridgehead atoms. The summed E-state index contributed by atoms with van der Waals surface area (Å²) in [5, 5.41) is 9.54. The van der Waals surface area contributed by atoms with Gasteiger partial charge in [0.25, 0.3) is 5.91 Å². The van der Waals surface area contributed by atoms with Crippen LogP contribution in [0.5, 0.6) is 0 Å². The Morgan fingerprint density at radius 1 is 1.37 bits per heavy atom.